The molecule has 1 amide bonds. The van der Waals surface area contributed by atoms with Gasteiger partial charge in [-0.15, -0.1) is 0 Å². The van der Waals surface area contributed by atoms with E-state index in [1.54, 1.807) is 24.5 Å². The van der Waals surface area contributed by atoms with Crippen molar-refractivity contribution in [1.82, 2.24) is 35.1 Å². The Morgan fingerprint density at radius 3 is 2.66 bits per heavy atom. The molecule has 1 aliphatic rings. The molecule has 2 N–H and O–H groups in total. The van der Waals surface area contributed by atoms with Crippen LogP contribution in [0.2, 0.25) is 0 Å². The molecule has 3 aromatic heterocycles. The predicted molar refractivity (Wildman–Crippen MR) is 141 cm³/mol. The summed E-state index contributed by atoms with van der Waals surface area (Å²) in [4.78, 5) is 36.1. The fraction of sp³-hybridized carbons (Fsp3) is 0.333. The first kappa shape index (κ1) is 25.4. The summed E-state index contributed by atoms with van der Waals surface area (Å²) in [5.74, 6) is -0.484. The highest BCUT2D eigenvalue weighted by Crippen LogP contribution is 2.24. The van der Waals surface area contributed by atoms with Gasteiger partial charge in [-0.05, 0) is 31.9 Å². The number of anilines is 1. The van der Waals surface area contributed by atoms with Crippen LogP contribution in [0, 0.1) is 5.82 Å². The lowest BCUT2D eigenvalue weighted by molar-refractivity contribution is 0.0960. The molecular weight excluding hydrogens is 487 g/mol. The van der Waals surface area contributed by atoms with E-state index in [4.69, 9.17) is 4.74 Å². The maximum absolute atomic E-state index is 14.3. The zero-order chi connectivity index (χ0) is 26.5. The Labute approximate surface area is 219 Å². The summed E-state index contributed by atoms with van der Waals surface area (Å²) in [5, 5.41) is 6.27. The zero-order valence-electron chi connectivity index (χ0n) is 21.3. The van der Waals surface area contributed by atoms with Crippen molar-refractivity contribution in [3.63, 3.8) is 0 Å². The Kier molecular flexibility index (Phi) is 7.64. The van der Waals surface area contributed by atoms with E-state index in [-0.39, 0.29) is 11.7 Å². The van der Waals surface area contributed by atoms with Crippen molar-refractivity contribution < 1.29 is 13.9 Å². The number of halogens is 1. The average Bonchev–Trinajstić information content (AvgIpc) is 2.94. The second-order valence-electron chi connectivity index (χ2n) is 9.21. The van der Waals surface area contributed by atoms with E-state index in [2.05, 4.69) is 47.5 Å². The summed E-state index contributed by atoms with van der Waals surface area (Å²) in [5.41, 5.74) is 2.93. The molecule has 1 aromatic carbocycles. The Balaban J connectivity index is 1.23. The van der Waals surface area contributed by atoms with Crippen molar-refractivity contribution in [2.75, 3.05) is 39.0 Å². The number of aromatic nitrogens is 5. The average molecular weight is 517 g/mol. The molecule has 11 heteroatoms. The van der Waals surface area contributed by atoms with Gasteiger partial charge in [0.2, 0.25) is 0 Å². The van der Waals surface area contributed by atoms with E-state index < -0.39 is 11.7 Å². The molecule has 0 spiro atoms. The largest absolute Gasteiger partial charge is 0.460 e. The quantitative estimate of drug-likeness (QED) is 0.364. The maximum atomic E-state index is 14.3. The normalized spacial score (nSPS) is 14.4. The Bertz CT molecular complexity index is 1420. The van der Waals surface area contributed by atoms with Crippen LogP contribution in [0.25, 0.3) is 22.2 Å². The molecule has 0 bridgehead atoms. The first-order chi connectivity index (χ1) is 18.5. The smallest absolute Gasteiger partial charge is 0.316 e. The number of fused-ring (bicyclic) bond motifs is 1. The molecule has 0 aliphatic carbocycles. The van der Waals surface area contributed by atoms with E-state index in [9.17, 15) is 9.18 Å². The minimum Gasteiger partial charge on any atom is -0.460 e. The number of nitrogens with zero attached hydrogens (tertiary/aromatic N) is 6. The summed E-state index contributed by atoms with van der Waals surface area (Å²) in [6.07, 6.45) is 8.63. The Hall–Kier alpha value is -4.25. The van der Waals surface area contributed by atoms with Crippen molar-refractivity contribution in [2.45, 2.75) is 25.4 Å². The number of hydrogen-bond acceptors (Lipinski definition) is 9. The molecule has 38 heavy (non-hydrogen) atoms. The zero-order valence-corrected chi connectivity index (χ0v) is 21.3. The molecule has 4 heterocycles. The van der Waals surface area contributed by atoms with Gasteiger partial charge in [0, 0.05) is 56.1 Å². The van der Waals surface area contributed by atoms with Gasteiger partial charge in [-0.3, -0.25) is 9.78 Å². The van der Waals surface area contributed by atoms with Gasteiger partial charge in [0.05, 0.1) is 23.0 Å². The van der Waals surface area contributed by atoms with E-state index in [0.29, 0.717) is 41.4 Å². The molecule has 5 rings (SSSR count). The highest BCUT2D eigenvalue weighted by Gasteiger charge is 2.19. The van der Waals surface area contributed by atoms with Crippen LogP contribution in [0.15, 0.2) is 49.2 Å². The summed E-state index contributed by atoms with van der Waals surface area (Å²) in [6, 6.07) is 7.62. The van der Waals surface area contributed by atoms with Crippen molar-refractivity contribution in [3.8, 4) is 17.3 Å². The highest BCUT2D eigenvalue weighted by molar-refractivity contribution is 6.06. The number of hydrogen-bond donors (Lipinski definition) is 2. The first-order valence-corrected chi connectivity index (χ1v) is 12.5. The number of para-hydroxylation sites is 1. The molecule has 1 fully saturated rings. The van der Waals surface area contributed by atoms with Crippen LogP contribution >= 0.6 is 0 Å². The van der Waals surface area contributed by atoms with Gasteiger partial charge in [-0.25, -0.2) is 24.3 Å². The molecule has 0 atom stereocenters. The van der Waals surface area contributed by atoms with Crippen LogP contribution in [-0.4, -0.2) is 75.6 Å². The van der Waals surface area contributed by atoms with Gasteiger partial charge in [0.1, 0.15) is 18.2 Å². The highest BCUT2D eigenvalue weighted by atomic mass is 19.1. The fourth-order valence-corrected chi connectivity index (χ4v) is 4.52. The van der Waals surface area contributed by atoms with Crippen LogP contribution in [0.4, 0.5) is 10.2 Å². The molecule has 10 nitrogen and oxygen atoms in total. The molecule has 0 radical (unpaired) electrons. The van der Waals surface area contributed by atoms with Gasteiger partial charge in [-0.1, -0.05) is 18.2 Å². The second-order valence-corrected chi connectivity index (χ2v) is 9.21. The summed E-state index contributed by atoms with van der Waals surface area (Å²) in [7, 11) is 3.59. The SMILES string of the molecule is CNC(=O)c1c(F)cnc2c(CCNc3cc(-c4cnc(OC5CCN(C)CC5)nc4)ncn3)cccc12. The van der Waals surface area contributed by atoms with E-state index in [0.717, 1.165) is 43.3 Å². The lowest BCUT2D eigenvalue weighted by atomic mass is 10.0. The van der Waals surface area contributed by atoms with Crippen LogP contribution in [0.3, 0.4) is 0 Å². The molecule has 4 aromatic rings. The molecular formula is C27H29FN8O2. The number of carbonyl (C=O) groups is 1. The molecule has 0 unspecified atom stereocenters. The van der Waals surface area contributed by atoms with Crippen molar-refractivity contribution in [3.05, 3.63) is 66.1 Å². The fourth-order valence-electron chi connectivity index (χ4n) is 4.52. The van der Waals surface area contributed by atoms with Gasteiger partial charge in [-0.2, -0.15) is 0 Å². The molecule has 196 valence electrons. The number of amides is 1. The van der Waals surface area contributed by atoms with E-state index in [1.807, 2.05) is 12.1 Å². The van der Waals surface area contributed by atoms with Crippen molar-refractivity contribution in [2.24, 2.45) is 0 Å². The number of rotatable bonds is 8. The number of pyridine rings is 1. The van der Waals surface area contributed by atoms with Crippen molar-refractivity contribution >= 4 is 22.6 Å². The number of benzene rings is 1. The minimum atomic E-state index is -0.647. The summed E-state index contributed by atoms with van der Waals surface area (Å²) in [6.45, 7) is 2.56. The van der Waals surface area contributed by atoms with Gasteiger partial charge in [0.25, 0.3) is 5.91 Å². The number of carbonyl (C=O) groups excluding carboxylic acids is 1. The summed E-state index contributed by atoms with van der Waals surface area (Å²) < 4.78 is 20.2. The number of ether oxygens (including phenoxy) is 1. The lowest BCUT2D eigenvalue weighted by Crippen LogP contribution is -2.35. The second kappa shape index (κ2) is 11.4. The number of likely N-dealkylation sites (tertiary alicyclic amines) is 1. The van der Waals surface area contributed by atoms with E-state index >= 15 is 0 Å². The van der Waals surface area contributed by atoms with Crippen LogP contribution in [0.1, 0.15) is 28.8 Å². The molecule has 0 saturated carbocycles. The van der Waals surface area contributed by atoms with Crippen molar-refractivity contribution in [1.29, 1.82) is 0 Å². The lowest BCUT2D eigenvalue weighted by Gasteiger charge is -2.28. The minimum absolute atomic E-state index is 0.00210. The number of piperidine rings is 1. The van der Waals surface area contributed by atoms with Gasteiger partial charge in [0.15, 0.2) is 5.82 Å². The van der Waals surface area contributed by atoms with Gasteiger partial charge < -0.3 is 20.3 Å². The molecule has 1 aliphatic heterocycles. The van der Waals surface area contributed by atoms with Gasteiger partial charge >= 0.3 is 6.01 Å². The topological polar surface area (TPSA) is 118 Å². The monoisotopic (exact) mass is 516 g/mol. The van der Waals surface area contributed by atoms with Crippen LogP contribution < -0.4 is 15.4 Å². The predicted octanol–water partition coefficient (Wildman–Crippen LogP) is 3.11. The Morgan fingerprint density at radius 2 is 1.89 bits per heavy atom. The maximum Gasteiger partial charge on any atom is 0.316 e. The van der Waals surface area contributed by atoms with E-state index in [1.165, 1.54) is 13.4 Å². The molecule has 1 saturated heterocycles. The third kappa shape index (κ3) is 5.67. The van der Waals surface area contributed by atoms with Crippen LogP contribution in [0.5, 0.6) is 6.01 Å². The third-order valence-corrected chi connectivity index (χ3v) is 6.62. The third-order valence-electron chi connectivity index (χ3n) is 6.62. The Morgan fingerprint density at radius 1 is 1.11 bits per heavy atom. The van der Waals surface area contributed by atoms with Crippen LogP contribution in [-0.2, 0) is 6.42 Å². The standard InChI is InChI=1S/C27H29FN8O2/c1-29-26(37)24-20-5-3-4-17(25(20)31-15-21(24)28)6-9-30-23-12-22(34-16-35-23)18-13-32-27(33-14-18)38-19-7-10-36(2)11-8-19/h3-5,12-16,19H,6-11H2,1-2H3,(H,29,37)(H,30,34,35). The number of nitrogens with one attached hydrogen (secondary N) is 2. The summed E-state index contributed by atoms with van der Waals surface area (Å²) >= 11 is 0. The first-order valence-electron chi connectivity index (χ1n) is 12.5.